The quantitative estimate of drug-likeness (QED) is 0.871. The average molecular weight is 343 g/mol. The van der Waals surface area contributed by atoms with Gasteiger partial charge in [0.05, 0.1) is 5.41 Å². The van der Waals surface area contributed by atoms with Crippen LogP contribution in [0.5, 0.6) is 0 Å². The van der Waals surface area contributed by atoms with Gasteiger partial charge in [-0.2, -0.15) is 0 Å². The highest BCUT2D eigenvalue weighted by Crippen LogP contribution is 2.49. The monoisotopic (exact) mass is 343 g/mol. The normalized spacial score (nSPS) is 28.2. The molecule has 0 unspecified atom stereocenters. The van der Waals surface area contributed by atoms with Crippen LogP contribution in [0.2, 0.25) is 0 Å². The molecule has 4 rings (SSSR count). The topological polar surface area (TPSA) is 90.0 Å². The molecule has 2 N–H and O–H groups in total. The Bertz CT molecular complexity index is 732. The van der Waals surface area contributed by atoms with Crippen LogP contribution in [0.15, 0.2) is 24.3 Å². The van der Waals surface area contributed by atoms with E-state index in [-0.39, 0.29) is 17.9 Å². The van der Waals surface area contributed by atoms with Gasteiger partial charge in [0.1, 0.15) is 0 Å². The van der Waals surface area contributed by atoms with E-state index < -0.39 is 11.4 Å². The Balaban J connectivity index is 1.50. The number of urea groups is 1. The van der Waals surface area contributed by atoms with E-state index in [4.69, 9.17) is 0 Å². The van der Waals surface area contributed by atoms with E-state index in [1.54, 1.807) is 34.1 Å². The molecule has 7 heteroatoms. The maximum absolute atomic E-state index is 12.8. The van der Waals surface area contributed by atoms with Gasteiger partial charge in [0, 0.05) is 37.4 Å². The zero-order valence-corrected chi connectivity index (χ0v) is 13.9. The molecule has 3 amide bonds. The first-order valence-electron chi connectivity index (χ1n) is 8.69. The fourth-order valence-electron chi connectivity index (χ4n) is 4.48. The summed E-state index contributed by atoms with van der Waals surface area (Å²) in [5.74, 6) is -0.852. The summed E-state index contributed by atoms with van der Waals surface area (Å²) in [7, 11) is 0. The van der Waals surface area contributed by atoms with Crippen molar-refractivity contribution in [1.29, 1.82) is 0 Å². The zero-order valence-electron chi connectivity index (χ0n) is 13.9. The van der Waals surface area contributed by atoms with Crippen molar-refractivity contribution in [2.24, 2.45) is 11.3 Å². The number of rotatable bonds is 3. The van der Waals surface area contributed by atoms with Gasteiger partial charge < -0.3 is 15.3 Å². The highest BCUT2D eigenvalue weighted by Gasteiger charge is 2.55. The number of amides is 3. The Kier molecular flexibility index (Phi) is 3.67. The van der Waals surface area contributed by atoms with Crippen molar-refractivity contribution in [3.8, 4) is 0 Å². The lowest BCUT2D eigenvalue weighted by molar-refractivity contribution is -0.149. The number of nitrogens with zero attached hydrogens (tertiary/aromatic N) is 2. The Hall–Kier alpha value is -2.57. The number of carbonyl (C=O) groups is 3. The molecule has 2 saturated heterocycles. The summed E-state index contributed by atoms with van der Waals surface area (Å²) in [6.07, 6.45) is 2.45. The number of benzene rings is 1. The first-order valence-corrected chi connectivity index (χ1v) is 8.69. The van der Waals surface area contributed by atoms with E-state index in [0.29, 0.717) is 38.2 Å². The number of hydrogen-bond acceptors (Lipinski definition) is 3. The van der Waals surface area contributed by atoms with Crippen molar-refractivity contribution < 1.29 is 19.5 Å². The average Bonchev–Trinajstić information content (AvgIpc) is 3.28. The van der Waals surface area contributed by atoms with Gasteiger partial charge in [0.2, 0.25) is 0 Å². The number of aliphatic carboxylic acids is 1. The lowest BCUT2D eigenvalue weighted by atomic mass is 9.81. The number of fused-ring (bicyclic) bond motifs is 1. The van der Waals surface area contributed by atoms with Crippen LogP contribution in [-0.2, 0) is 4.79 Å². The zero-order chi connectivity index (χ0) is 17.6. The Morgan fingerprint density at radius 3 is 2.60 bits per heavy atom. The largest absolute Gasteiger partial charge is 0.481 e. The molecular weight excluding hydrogens is 322 g/mol. The van der Waals surface area contributed by atoms with Crippen LogP contribution in [0.1, 0.15) is 29.6 Å². The van der Waals surface area contributed by atoms with Crippen LogP contribution in [-0.4, -0.2) is 54.1 Å². The maximum atomic E-state index is 12.8. The van der Waals surface area contributed by atoms with Gasteiger partial charge in [-0.1, -0.05) is 6.42 Å². The van der Waals surface area contributed by atoms with Gasteiger partial charge in [0.15, 0.2) is 0 Å². The third-order valence-corrected chi connectivity index (χ3v) is 5.87. The predicted octanol–water partition coefficient (Wildman–Crippen LogP) is 1.54. The van der Waals surface area contributed by atoms with Crippen molar-refractivity contribution >= 4 is 23.6 Å². The SMILES string of the molecule is O=C(c1ccc(N2CCNC2=O)cc1)N1C[C@@H]2CCC[C@@]2(C(=O)O)C1. The Morgan fingerprint density at radius 2 is 2.00 bits per heavy atom. The summed E-state index contributed by atoms with van der Waals surface area (Å²) in [6, 6.07) is 6.83. The van der Waals surface area contributed by atoms with Gasteiger partial charge in [-0.05, 0) is 43.0 Å². The third kappa shape index (κ3) is 2.45. The standard InChI is InChI=1S/C18H21N3O4/c22-15(20-10-13-2-1-7-18(13,11-20)16(23)24)12-3-5-14(6-4-12)21-9-8-19-17(21)25/h3-6,13H,1-2,7-11H2,(H,19,25)(H,23,24)/t13-,18+/m0/s1. The number of carboxylic acid groups (broad SMARTS) is 1. The van der Waals surface area contributed by atoms with E-state index in [2.05, 4.69) is 5.32 Å². The van der Waals surface area contributed by atoms with Crippen LogP contribution in [0, 0.1) is 11.3 Å². The molecule has 0 spiro atoms. The lowest BCUT2D eigenvalue weighted by Crippen LogP contribution is -2.37. The van der Waals surface area contributed by atoms with E-state index in [0.717, 1.165) is 18.5 Å². The van der Waals surface area contributed by atoms with Crippen molar-refractivity contribution in [1.82, 2.24) is 10.2 Å². The second-order valence-corrected chi connectivity index (χ2v) is 7.17. The van der Waals surface area contributed by atoms with Crippen LogP contribution in [0.4, 0.5) is 10.5 Å². The number of hydrogen-bond donors (Lipinski definition) is 2. The first-order chi connectivity index (χ1) is 12.0. The lowest BCUT2D eigenvalue weighted by Gasteiger charge is -2.23. The van der Waals surface area contributed by atoms with Crippen LogP contribution in [0.25, 0.3) is 0 Å². The number of carbonyl (C=O) groups excluding carboxylic acids is 2. The molecule has 0 radical (unpaired) electrons. The second-order valence-electron chi connectivity index (χ2n) is 7.17. The molecule has 1 saturated carbocycles. The van der Waals surface area contributed by atoms with Gasteiger partial charge in [-0.3, -0.25) is 14.5 Å². The van der Waals surface area contributed by atoms with E-state index in [1.807, 2.05) is 0 Å². The molecule has 3 aliphatic rings. The minimum absolute atomic E-state index is 0.0570. The van der Waals surface area contributed by atoms with Crippen molar-refractivity contribution in [3.63, 3.8) is 0 Å². The molecule has 25 heavy (non-hydrogen) atoms. The Labute approximate surface area is 145 Å². The van der Waals surface area contributed by atoms with E-state index >= 15 is 0 Å². The number of likely N-dealkylation sites (tertiary alicyclic amines) is 1. The third-order valence-electron chi connectivity index (χ3n) is 5.87. The van der Waals surface area contributed by atoms with Crippen LogP contribution < -0.4 is 10.2 Å². The molecule has 0 bridgehead atoms. The summed E-state index contributed by atoms with van der Waals surface area (Å²) >= 11 is 0. The van der Waals surface area contributed by atoms with E-state index in [1.165, 1.54) is 0 Å². The van der Waals surface area contributed by atoms with Gasteiger partial charge in [0.25, 0.3) is 5.91 Å². The fourth-order valence-corrected chi connectivity index (χ4v) is 4.48. The molecule has 1 aliphatic carbocycles. The highest BCUT2D eigenvalue weighted by molar-refractivity contribution is 5.97. The molecule has 132 valence electrons. The van der Waals surface area contributed by atoms with Gasteiger partial charge in [-0.25, -0.2) is 4.79 Å². The summed E-state index contributed by atoms with van der Waals surface area (Å²) in [6.45, 7) is 2.04. The van der Waals surface area contributed by atoms with Crippen LogP contribution in [0.3, 0.4) is 0 Å². The smallest absolute Gasteiger partial charge is 0.321 e. The number of anilines is 1. The Morgan fingerprint density at radius 1 is 1.24 bits per heavy atom. The molecule has 1 aromatic carbocycles. The molecule has 0 aromatic heterocycles. The minimum Gasteiger partial charge on any atom is -0.481 e. The molecule has 2 heterocycles. The molecule has 2 aliphatic heterocycles. The fraction of sp³-hybridized carbons (Fsp3) is 0.500. The summed E-state index contributed by atoms with van der Waals surface area (Å²) in [5, 5.41) is 12.4. The molecule has 7 nitrogen and oxygen atoms in total. The van der Waals surface area contributed by atoms with Crippen LogP contribution >= 0.6 is 0 Å². The highest BCUT2D eigenvalue weighted by atomic mass is 16.4. The van der Waals surface area contributed by atoms with Crippen molar-refractivity contribution in [2.45, 2.75) is 19.3 Å². The molecule has 1 aromatic rings. The second kappa shape index (κ2) is 5.75. The number of carboxylic acids is 1. The predicted molar refractivity (Wildman–Crippen MR) is 90.5 cm³/mol. The maximum Gasteiger partial charge on any atom is 0.321 e. The van der Waals surface area contributed by atoms with Gasteiger partial charge >= 0.3 is 12.0 Å². The molecule has 2 atom stereocenters. The minimum atomic E-state index is -0.777. The molecule has 3 fully saturated rings. The summed E-state index contributed by atoms with van der Waals surface area (Å²) < 4.78 is 0. The van der Waals surface area contributed by atoms with Crippen molar-refractivity contribution in [3.05, 3.63) is 29.8 Å². The first kappa shape index (κ1) is 15.9. The van der Waals surface area contributed by atoms with Crippen molar-refractivity contribution in [2.75, 3.05) is 31.1 Å². The molecular formula is C18H21N3O4. The summed E-state index contributed by atoms with van der Waals surface area (Å²) in [4.78, 5) is 39.5. The summed E-state index contributed by atoms with van der Waals surface area (Å²) in [5.41, 5.74) is 0.527. The van der Waals surface area contributed by atoms with Gasteiger partial charge in [-0.15, -0.1) is 0 Å². The van der Waals surface area contributed by atoms with E-state index in [9.17, 15) is 19.5 Å². The number of nitrogens with one attached hydrogen (secondary N) is 1.